The first kappa shape index (κ1) is 11.4. The van der Waals surface area contributed by atoms with Gasteiger partial charge in [-0.15, -0.1) is 0 Å². The fraction of sp³-hybridized carbons (Fsp3) is 0.615. The van der Waals surface area contributed by atoms with Crippen molar-refractivity contribution in [3.63, 3.8) is 0 Å². The predicted molar refractivity (Wildman–Crippen MR) is 67.6 cm³/mol. The molecule has 3 nitrogen and oxygen atoms in total. The van der Waals surface area contributed by atoms with Gasteiger partial charge in [0, 0.05) is 42.8 Å². The molecule has 1 fully saturated rings. The van der Waals surface area contributed by atoms with E-state index in [2.05, 4.69) is 35.1 Å². The van der Waals surface area contributed by atoms with Gasteiger partial charge >= 0.3 is 0 Å². The van der Waals surface area contributed by atoms with Crippen LogP contribution in [0.2, 0.25) is 0 Å². The van der Waals surface area contributed by atoms with Gasteiger partial charge in [0.2, 0.25) is 0 Å². The van der Waals surface area contributed by atoms with Crippen LogP contribution in [0.25, 0.3) is 0 Å². The number of hydrogen-bond donors (Lipinski definition) is 1. The Morgan fingerprint density at radius 3 is 2.94 bits per heavy atom. The number of anilines is 1. The lowest BCUT2D eigenvalue weighted by Gasteiger charge is -2.26. The fourth-order valence-electron chi connectivity index (χ4n) is 2.66. The molecule has 0 amide bonds. The second-order valence-electron chi connectivity index (χ2n) is 4.88. The Kier molecular flexibility index (Phi) is 3.44. The van der Waals surface area contributed by atoms with E-state index in [-0.39, 0.29) is 0 Å². The average molecular weight is 219 g/mol. The van der Waals surface area contributed by atoms with Crippen LogP contribution in [0.5, 0.6) is 0 Å². The molecule has 2 atom stereocenters. The highest BCUT2D eigenvalue weighted by Gasteiger charge is 2.27. The highest BCUT2D eigenvalue weighted by atomic mass is 15.2. The highest BCUT2D eigenvalue weighted by molar-refractivity contribution is 5.53. The maximum Gasteiger partial charge on any atom is 0.0445 e. The summed E-state index contributed by atoms with van der Waals surface area (Å²) in [4.78, 5) is 6.73. The molecule has 1 aromatic heterocycles. The van der Waals surface area contributed by atoms with Gasteiger partial charge in [-0.05, 0) is 32.4 Å². The SMILES string of the molecule is CNCc1cnccc1N1CC(C)CC1C. The summed E-state index contributed by atoms with van der Waals surface area (Å²) in [5, 5.41) is 3.21. The van der Waals surface area contributed by atoms with Crippen LogP contribution in [-0.4, -0.2) is 24.6 Å². The van der Waals surface area contributed by atoms with Gasteiger partial charge in [-0.1, -0.05) is 6.92 Å². The van der Waals surface area contributed by atoms with Crippen molar-refractivity contribution in [3.05, 3.63) is 24.0 Å². The summed E-state index contributed by atoms with van der Waals surface area (Å²) in [6.45, 7) is 6.70. The van der Waals surface area contributed by atoms with E-state index in [0.29, 0.717) is 6.04 Å². The Balaban J connectivity index is 2.25. The minimum absolute atomic E-state index is 0.646. The molecule has 2 rings (SSSR count). The summed E-state index contributed by atoms with van der Waals surface area (Å²) in [6.07, 6.45) is 5.16. The number of pyridine rings is 1. The lowest BCUT2D eigenvalue weighted by molar-refractivity contribution is 0.625. The van der Waals surface area contributed by atoms with Gasteiger partial charge in [0.25, 0.3) is 0 Å². The van der Waals surface area contributed by atoms with Gasteiger partial charge in [-0.2, -0.15) is 0 Å². The number of nitrogens with one attached hydrogen (secondary N) is 1. The first-order valence-electron chi connectivity index (χ1n) is 6.06. The van der Waals surface area contributed by atoms with Gasteiger partial charge in [0.15, 0.2) is 0 Å². The minimum atomic E-state index is 0.646. The van der Waals surface area contributed by atoms with Crippen molar-refractivity contribution in [3.8, 4) is 0 Å². The van der Waals surface area contributed by atoms with E-state index in [4.69, 9.17) is 0 Å². The standard InChI is InChI=1S/C13H21N3/c1-10-6-11(2)16(9-10)13-4-5-15-8-12(13)7-14-3/h4-5,8,10-11,14H,6-7,9H2,1-3H3. The topological polar surface area (TPSA) is 28.2 Å². The summed E-state index contributed by atoms with van der Waals surface area (Å²) < 4.78 is 0. The molecule has 0 spiro atoms. The quantitative estimate of drug-likeness (QED) is 0.843. The molecule has 2 heterocycles. The molecular weight excluding hydrogens is 198 g/mol. The van der Waals surface area contributed by atoms with Crippen LogP contribution in [0.1, 0.15) is 25.8 Å². The molecule has 1 aliphatic rings. The van der Waals surface area contributed by atoms with E-state index in [1.54, 1.807) is 0 Å². The van der Waals surface area contributed by atoms with E-state index in [0.717, 1.165) is 12.5 Å². The largest absolute Gasteiger partial charge is 0.368 e. The number of nitrogens with zero attached hydrogens (tertiary/aromatic N) is 2. The maximum absolute atomic E-state index is 4.21. The van der Waals surface area contributed by atoms with Crippen molar-refractivity contribution in [2.75, 3.05) is 18.5 Å². The third-order valence-corrected chi connectivity index (χ3v) is 3.34. The van der Waals surface area contributed by atoms with Gasteiger partial charge in [-0.25, -0.2) is 0 Å². The highest BCUT2D eigenvalue weighted by Crippen LogP contribution is 2.30. The van der Waals surface area contributed by atoms with E-state index < -0.39 is 0 Å². The number of aromatic nitrogens is 1. The number of hydrogen-bond acceptors (Lipinski definition) is 3. The Hall–Kier alpha value is -1.09. The minimum Gasteiger partial charge on any atom is -0.368 e. The molecule has 16 heavy (non-hydrogen) atoms. The fourth-order valence-corrected chi connectivity index (χ4v) is 2.66. The normalized spacial score (nSPS) is 25.1. The first-order valence-corrected chi connectivity index (χ1v) is 6.06. The molecule has 1 saturated heterocycles. The van der Waals surface area contributed by atoms with Crippen molar-refractivity contribution in [1.82, 2.24) is 10.3 Å². The molecule has 0 bridgehead atoms. The predicted octanol–water partition coefficient (Wildman–Crippen LogP) is 2.04. The van der Waals surface area contributed by atoms with Crippen LogP contribution < -0.4 is 10.2 Å². The molecule has 0 aliphatic carbocycles. The second kappa shape index (κ2) is 4.83. The van der Waals surface area contributed by atoms with E-state index in [1.165, 1.54) is 24.2 Å². The molecule has 0 radical (unpaired) electrons. The Morgan fingerprint density at radius 1 is 1.50 bits per heavy atom. The molecule has 0 aromatic carbocycles. The summed E-state index contributed by atoms with van der Waals surface area (Å²) in [7, 11) is 1.98. The Labute approximate surface area is 97.9 Å². The summed E-state index contributed by atoms with van der Waals surface area (Å²) in [5.41, 5.74) is 2.65. The monoisotopic (exact) mass is 219 g/mol. The van der Waals surface area contributed by atoms with Crippen molar-refractivity contribution in [2.45, 2.75) is 32.9 Å². The molecule has 3 heteroatoms. The zero-order chi connectivity index (χ0) is 11.5. The lowest BCUT2D eigenvalue weighted by Crippen LogP contribution is -2.28. The number of rotatable bonds is 3. The van der Waals surface area contributed by atoms with Crippen LogP contribution in [0.3, 0.4) is 0 Å². The molecule has 88 valence electrons. The third-order valence-electron chi connectivity index (χ3n) is 3.34. The van der Waals surface area contributed by atoms with E-state index in [1.807, 2.05) is 19.4 Å². The van der Waals surface area contributed by atoms with Gasteiger partial charge < -0.3 is 10.2 Å². The molecule has 2 unspecified atom stereocenters. The summed E-state index contributed by atoms with van der Waals surface area (Å²) in [6, 6.07) is 2.79. The van der Waals surface area contributed by atoms with E-state index >= 15 is 0 Å². The molecule has 0 saturated carbocycles. The van der Waals surface area contributed by atoms with Crippen molar-refractivity contribution >= 4 is 5.69 Å². The molecule has 1 N–H and O–H groups in total. The first-order chi connectivity index (χ1) is 7.72. The Bertz CT molecular complexity index is 351. The van der Waals surface area contributed by atoms with Gasteiger partial charge in [0.1, 0.15) is 0 Å². The van der Waals surface area contributed by atoms with Crippen molar-refractivity contribution in [2.24, 2.45) is 5.92 Å². The van der Waals surface area contributed by atoms with Gasteiger partial charge in [0.05, 0.1) is 0 Å². The summed E-state index contributed by atoms with van der Waals surface area (Å²) >= 11 is 0. The molecule has 1 aliphatic heterocycles. The van der Waals surface area contributed by atoms with Crippen LogP contribution in [0.4, 0.5) is 5.69 Å². The van der Waals surface area contributed by atoms with Crippen LogP contribution in [-0.2, 0) is 6.54 Å². The van der Waals surface area contributed by atoms with Crippen LogP contribution >= 0.6 is 0 Å². The van der Waals surface area contributed by atoms with Crippen molar-refractivity contribution in [1.29, 1.82) is 0 Å². The summed E-state index contributed by atoms with van der Waals surface area (Å²) in [5.74, 6) is 0.797. The maximum atomic E-state index is 4.21. The third kappa shape index (κ3) is 2.19. The van der Waals surface area contributed by atoms with Crippen LogP contribution in [0, 0.1) is 5.92 Å². The smallest absolute Gasteiger partial charge is 0.0445 e. The van der Waals surface area contributed by atoms with Crippen molar-refractivity contribution < 1.29 is 0 Å². The molecule has 1 aromatic rings. The van der Waals surface area contributed by atoms with Gasteiger partial charge in [-0.3, -0.25) is 4.98 Å². The lowest BCUT2D eigenvalue weighted by atomic mass is 10.1. The second-order valence-corrected chi connectivity index (χ2v) is 4.88. The van der Waals surface area contributed by atoms with E-state index in [9.17, 15) is 0 Å². The zero-order valence-electron chi connectivity index (χ0n) is 10.4. The molecular formula is C13H21N3. The van der Waals surface area contributed by atoms with Crippen LogP contribution in [0.15, 0.2) is 18.5 Å². The Morgan fingerprint density at radius 2 is 2.31 bits per heavy atom. The zero-order valence-corrected chi connectivity index (χ0v) is 10.4. The average Bonchev–Trinajstić information content (AvgIpc) is 2.59.